The number of hydrogen-bond acceptors (Lipinski definition) is 4. The number of aromatic nitrogens is 2. The summed E-state index contributed by atoms with van der Waals surface area (Å²) in [7, 11) is -3.50. The Morgan fingerprint density at radius 2 is 2.25 bits per heavy atom. The molecule has 1 aromatic rings. The first kappa shape index (κ1) is 13.1. The Balaban J connectivity index is 2.49. The summed E-state index contributed by atoms with van der Waals surface area (Å²) in [6.07, 6.45) is 2.70. The molecule has 1 aromatic heterocycles. The molecule has 0 saturated heterocycles. The number of aliphatic hydroxyl groups is 1. The van der Waals surface area contributed by atoms with E-state index in [2.05, 4.69) is 14.7 Å². The Morgan fingerprint density at radius 3 is 2.75 bits per heavy atom. The van der Waals surface area contributed by atoms with Crippen molar-refractivity contribution >= 4 is 10.0 Å². The highest BCUT2D eigenvalue weighted by Crippen LogP contribution is 2.07. The molecular weight excluding hydrogens is 230 g/mol. The van der Waals surface area contributed by atoms with Crippen LogP contribution in [0, 0.1) is 5.92 Å². The Kier molecular flexibility index (Phi) is 4.45. The van der Waals surface area contributed by atoms with Gasteiger partial charge in [-0.1, -0.05) is 6.92 Å². The van der Waals surface area contributed by atoms with E-state index < -0.39 is 16.1 Å². The van der Waals surface area contributed by atoms with E-state index in [1.54, 1.807) is 6.92 Å². The number of imidazole rings is 1. The molecule has 0 aromatic carbocycles. The summed E-state index contributed by atoms with van der Waals surface area (Å²) in [5.74, 6) is 0.0812. The topological polar surface area (TPSA) is 95.1 Å². The molecule has 0 aliphatic carbocycles. The van der Waals surface area contributed by atoms with Crippen molar-refractivity contribution in [3.05, 3.63) is 12.5 Å². The fourth-order valence-electron chi connectivity index (χ4n) is 1.39. The van der Waals surface area contributed by atoms with Crippen molar-refractivity contribution < 1.29 is 13.5 Å². The molecule has 0 aliphatic heterocycles. The lowest BCUT2D eigenvalue weighted by Gasteiger charge is -2.13. The molecule has 16 heavy (non-hydrogen) atoms. The number of nitrogens with zero attached hydrogens (tertiary/aromatic N) is 1. The Hall–Kier alpha value is -0.920. The second kappa shape index (κ2) is 5.42. The minimum atomic E-state index is -3.50. The van der Waals surface area contributed by atoms with Crippen LogP contribution in [0.2, 0.25) is 0 Å². The zero-order chi connectivity index (χ0) is 12.2. The van der Waals surface area contributed by atoms with E-state index in [1.807, 2.05) is 6.92 Å². The molecule has 0 spiro atoms. The van der Waals surface area contributed by atoms with E-state index in [-0.39, 0.29) is 10.9 Å². The fraction of sp³-hybridized carbons (Fsp3) is 0.667. The van der Waals surface area contributed by atoms with Crippen LogP contribution >= 0.6 is 0 Å². The summed E-state index contributed by atoms with van der Waals surface area (Å²) < 4.78 is 25.7. The summed E-state index contributed by atoms with van der Waals surface area (Å²) in [6.45, 7) is 3.86. The molecule has 0 aliphatic rings. The molecule has 7 heteroatoms. The smallest absolute Gasteiger partial charge is 0.257 e. The Morgan fingerprint density at radius 1 is 1.56 bits per heavy atom. The third-order valence-electron chi connectivity index (χ3n) is 2.13. The molecular formula is C9H17N3O3S. The van der Waals surface area contributed by atoms with Crippen molar-refractivity contribution in [3.8, 4) is 0 Å². The minimum absolute atomic E-state index is 0.0525. The van der Waals surface area contributed by atoms with Crippen LogP contribution in [0.1, 0.15) is 20.3 Å². The lowest BCUT2D eigenvalue weighted by molar-refractivity contribution is 0.165. The molecule has 6 nitrogen and oxygen atoms in total. The van der Waals surface area contributed by atoms with Gasteiger partial charge >= 0.3 is 0 Å². The highest BCUT2D eigenvalue weighted by Gasteiger charge is 2.16. The molecule has 0 saturated carbocycles. The molecule has 1 heterocycles. The summed E-state index contributed by atoms with van der Waals surface area (Å²) in [4.78, 5) is 6.18. The first-order chi connectivity index (χ1) is 7.42. The van der Waals surface area contributed by atoms with Gasteiger partial charge in [-0.2, -0.15) is 0 Å². The van der Waals surface area contributed by atoms with Crippen LogP contribution in [-0.2, 0) is 10.0 Å². The lowest BCUT2D eigenvalue weighted by atomic mass is 10.1. The predicted octanol–water partition coefficient (Wildman–Crippen LogP) is 0.0950. The van der Waals surface area contributed by atoms with Gasteiger partial charge < -0.3 is 10.1 Å². The summed E-state index contributed by atoms with van der Waals surface area (Å²) >= 11 is 0. The fourth-order valence-corrected chi connectivity index (χ4v) is 2.45. The maximum atomic E-state index is 11.6. The van der Waals surface area contributed by atoms with Gasteiger partial charge in [0.1, 0.15) is 0 Å². The predicted molar refractivity (Wildman–Crippen MR) is 59.2 cm³/mol. The number of hydrogen-bond donors (Lipinski definition) is 3. The van der Waals surface area contributed by atoms with Crippen LogP contribution in [0.25, 0.3) is 0 Å². The molecule has 0 amide bonds. The molecule has 1 rings (SSSR count). The van der Waals surface area contributed by atoms with Crippen molar-refractivity contribution in [1.82, 2.24) is 14.7 Å². The van der Waals surface area contributed by atoms with Crippen LogP contribution in [0.5, 0.6) is 0 Å². The van der Waals surface area contributed by atoms with E-state index in [9.17, 15) is 8.42 Å². The van der Waals surface area contributed by atoms with E-state index >= 15 is 0 Å². The van der Waals surface area contributed by atoms with Crippen LogP contribution in [-0.4, -0.2) is 36.1 Å². The molecule has 0 radical (unpaired) electrons. The van der Waals surface area contributed by atoms with Crippen LogP contribution < -0.4 is 4.72 Å². The van der Waals surface area contributed by atoms with Crippen molar-refractivity contribution in [2.45, 2.75) is 31.4 Å². The molecule has 3 N–H and O–H groups in total. The van der Waals surface area contributed by atoms with Crippen molar-refractivity contribution in [2.75, 3.05) is 6.54 Å². The zero-order valence-electron chi connectivity index (χ0n) is 9.34. The SMILES string of the molecule is CC(O)CC(C)CNS(=O)(=O)c1cnc[nH]1. The third kappa shape index (κ3) is 3.92. The van der Waals surface area contributed by atoms with Gasteiger partial charge in [-0.3, -0.25) is 0 Å². The van der Waals surface area contributed by atoms with Crippen LogP contribution in [0.4, 0.5) is 0 Å². The number of aliphatic hydroxyl groups excluding tert-OH is 1. The van der Waals surface area contributed by atoms with E-state index in [0.717, 1.165) is 0 Å². The second-order valence-electron chi connectivity index (χ2n) is 3.96. The maximum absolute atomic E-state index is 11.6. The Bertz CT molecular complexity index is 400. The van der Waals surface area contributed by atoms with E-state index in [1.165, 1.54) is 12.5 Å². The molecule has 2 atom stereocenters. The molecule has 0 bridgehead atoms. The van der Waals surface area contributed by atoms with Gasteiger partial charge in [0.15, 0.2) is 5.03 Å². The summed E-state index contributed by atoms with van der Waals surface area (Å²) in [5, 5.41) is 9.20. The molecule has 0 fully saturated rings. The summed E-state index contributed by atoms with van der Waals surface area (Å²) in [6, 6.07) is 0. The van der Waals surface area contributed by atoms with Crippen LogP contribution in [0.3, 0.4) is 0 Å². The zero-order valence-corrected chi connectivity index (χ0v) is 10.2. The average Bonchev–Trinajstić information content (AvgIpc) is 2.67. The van der Waals surface area contributed by atoms with Crippen molar-refractivity contribution in [3.63, 3.8) is 0 Å². The van der Waals surface area contributed by atoms with Gasteiger partial charge in [0.05, 0.1) is 18.6 Å². The number of sulfonamides is 1. The maximum Gasteiger partial charge on any atom is 0.257 e. The van der Waals surface area contributed by atoms with Gasteiger partial charge in [0.2, 0.25) is 0 Å². The number of aromatic amines is 1. The van der Waals surface area contributed by atoms with Gasteiger partial charge in [-0.15, -0.1) is 0 Å². The van der Waals surface area contributed by atoms with Gasteiger partial charge in [-0.25, -0.2) is 18.1 Å². The lowest BCUT2D eigenvalue weighted by Crippen LogP contribution is -2.29. The average molecular weight is 247 g/mol. The first-order valence-corrected chi connectivity index (χ1v) is 6.56. The highest BCUT2D eigenvalue weighted by atomic mass is 32.2. The van der Waals surface area contributed by atoms with Crippen molar-refractivity contribution in [1.29, 1.82) is 0 Å². The first-order valence-electron chi connectivity index (χ1n) is 5.08. The number of nitrogens with one attached hydrogen (secondary N) is 2. The monoisotopic (exact) mass is 247 g/mol. The second-order valence-corrected chi connectivity index (χ2v) is 5.69. The number of rotatable bonds is 6. The standard InChI is InChI=1S/C9H17N3O3S/c1-7(3-8(2)13)4-12-16(14,15)9-5-10-6-11-9/h5-8,12-13H,3-4H2,1-2H3,(H,10,11). The van der Waals surface area contributed by atoms with Gasteiger partial charge in [-0.05, 0) is 19.3 Å². The molecule has 2 unspecified atom stereocenters. The normalized spacial score (nSPS) is 15.9. The van der Waals surface area contributed by atoms with Gasteiger partial charge in [0, 0.05) is 6.54 Å². The van der Waals surface area contributed by atoms with E-state index in [4.69, 9.17) is 5.11 Å². The third-order valence-corrected chi connectivity index (χ3v) is 3.48. The van der Waals surface area contributed by atoms with Crippen molar-refractivity contribution in [2.24, 2.45) is 5.92 Å². The van der Waals surface area contributed by atoms with Crippen LogP contribution in [0.15, 0.2) is 17.6 Å². The minimum Gasteiger partial charge on any atom is -0.393 e. The highest BCUT2D eigenvalue weighted by molar-refractivity contribution is 7.89. The molecule has 92 valence electrons. The van der Waals surface area contributed by atoms with E-state index in [0.29, 0.717) is 13.0 Å². The summed E-state index contributed by atoms with van der Waals surface area (Å²) in [5.41, 5.74) is 0. The van der Waals surface area contributed by atoms with Gasteiger partial charge in [0.25, 0.3) is 10.0 Å². The Labute approximate surface area is 95.2 Å². The largest absolute Gasteiger partial charge is 0.393 e. The number of H-pyrrole nitrogens is 1. The quantitative estimate of drug-likeness (QED) is 0.664.